The van der Waals surface area contributed by atoms with E-state index in [9.17, 15) is 0 Å². The third-order valence-corrected chi connectivity index (χ3v) is 5.33. The molecular formula is C25H33N3. The summed E-state index contributed by atoms with van der Waals surface area (Å²) in [5.74, 6) is 1.02. The first-order valence-corrected chi connectivity index (χ1v) is 10.6. The molecule has 1 unspecified atom stereocenters. The summed E-state index contributed by atoms with van der Waals surface area (Å²) in [5.41, 5.74) is 5.18. The lowest BCUT2D eigenvalue weighted by atomic mass is 10.0. The third-order valence-electron chi connectivity index (χ3n) is 5.33. The Morgan fingerprint density at radius 3 is 1.93 bits per heavy atom. The number of aryl methyl sites for hydroxylation is 3. The number of nitrogens with one attached hydrogen (secondary N) is 1. The molecule has 0 aliphatic rings. The van der Waals surface area contributed by atoms with Crippen LogP contribution in [0.15, 0.2) is 60.9 Å². The predicted molar refractivity (Wildman–Crippen MR) is 119 cm³/mol. The summed E-state index contributed by atoms with van der Waals surface area (Å²) in [5, 5.41) is 3.70. The van der Waals surface area contributed by atoms with Crippen LogP contribution >= 0.6 is 0 Å². The number of hydrogen-bond acceptors (Lipinski definition) is 2. The molecule has 3 rings (SSSR count). The Kier molecular flexibility index (Phi) is 7.30. The summed E-state index contributed by atoms with van der Waals surface area (Å²) in [6, 6.07) is 17.9. The van der Waals surface area contributed by atoms with Gasteiger partial charge in [0.25, 0.3) is 0 Å². The SMILES string of the molecule is CCCCc1ccc(NC(c2ccc(CCCC)cc2)c2nccn2C)cc1. The molecule has 3 nitrogen and oxygen atoms in total. The van der Waals surface area contributed by atoms with E-state index < -0.39 is 0 Å². The van der Waals surface area contributed by atoms with Gasteiger partial charge in [0.15, 0.2) is 0 Å². The zero-order chi connectivity index (χ0) is 19.8. The molecule has 0 saturated carbocycles. The number of rotatable bonds is 10. The van der Waals surface area contributed by atoms with Gasteiger partial charge in [0, 0.05) is 25.1 Å². The molecule has 1 N–H and O–H groups in total. The van der Waals surface area contributed by atoms with Crippen molar-refractivity contribution in [3.8, 4) is 0 Å². The number of unbranched alkanes of at least 4 members (excludes halogenated alkanes) is 2. The maximum atomic E-state index is 4.62. The number of aromatic nitrogens is 2. The second kappa shape index (κ2) is 10.1. The van der Waals surface area contributed by atoms with Crippen molar-refractivity contribution in [2.75, 3.05) is 5.32 Å². The number of imidazole rings is 1. The first-order chi connectivity index (χ1) is 13.7. The van der Waals surface area contributed by atoms with Crippen LogP contribution in [-0.4, -0.2) is 9.55 Å². The second-order valence-corrected chi connectivity index (χ2v) is 7.62. The molecule has 3 aromatic rings. The van der Waals surface area contributed by atoms with Gasteiger partial charge >= 0.3 is 0 Å². The van der Waals surface area contributed by atoms with Crippen molar-refractivity contribution < 1.29 is 0 Å². The minimum absolute atomic E-state index is 0.0294. The molecule has 1 atom stereocenters. The minimum atomic E-state index is 0.0294. The molecule has 3 heteroatoms. The number of anilines is 1. The Morgan fingerprint density at radius 2 is 1.43 bits per heavy atom. The Morgan fingerprint density at radius 1 is 0.857 bits per heavy atom. The van der Waals surface area contributed by atoms with Gasteiger partial charge in [-0.15, -0.1) is 0 Å². The van der Waals surface area contributed by atoms with E-state index in [1.165, 1.54) is 42.4 Å². The molecule has 28 heavy (non-hydrogen) atoms. The molecule has 0 aliphatic heterocycles. The largest absolute Gasteiger partial charge is 0.372 e. The Labute approximate surface area is 169 Å². The molecule has 0 saturated heterocycles. The van der Waals surface area contributed by atoms with Crippen LogP contribution in [0.25, 0.3) is 0 Å². The lowest BCUT2D eigenvalue weighted by Gasteiger charge is -2.21. The maximum absolute atomic E-state index is 4.62. The zero-order valence-electron chi connectivity index (χ0n) is 17.5. The van der Waals surface area contributed by atoms with Crippen LogP contribution in [0.3, 0.4) is 0 Å². The average molecular weight is 376 g/mol. The normalized spacial score (nSPS) is 12.1. The van der Waals surface area contributed by atoms with E-state index in [1.54, 1.807) is 0 Å². The van der Waals surface area contributed by atoms with Gasteiger partial charge in [-0.1, -0.05) is 63.1 Å². The Hall–Kier alpha value is -2.55. The van der Waals surface area contributed by atoms with Crippen molar-refractivity contribution in [3.05, 3.63) is 83.4 Å². The van der Waals surface area contributed by atoms with Crippen LogP contribution in [0, 0.1) is 0 Å². The molecule has 1 aromatic heterocycles. The molecule has 0 aliphatic carbocycles. The van der Waals surface area contributed by atoms with Crippen molar-refractivity contribution in [1.29, 1.82) is 0 Å². The number of nitrogens with zero attached hydrogens (tertiary/aromatic N) is 2. The molecule has 0 radical (unpaired) electrons. The van der Waals surface area contributed by atoms with E-state index in [0.29, 0.717) is 0 Å². The smallest absolute Gasteiger partial charge is 0.135 e. The molecule has 2 aromatic carbocycles. The van der Waals surface area contributed by atoms with Gasteiger partial charge in [0.1, 0.15) is 11.9 Å². The lowest BCUT2D eigenvalue weighted by molar-refractivity contribution is 0.746. The fraction of sp³-hybridized carbons (Fsp3) is 0.400. The first-order valence-electron chi connectivity index (χ1n) is 10.6. The van der Waals surface area contributed by atoms with Crippen molar-refractivity contribution in [2.45, 2.75) is 58.4 Å². The van der Waals surface area contributed by atoms with E-state index in [2.05, 4.69) is 84.3 Å². The summed E-state index contributed by atoms with van der Waals surface area (Å²) < 4.78 is 2.10. The quantitative estimate of drug-likeness (QED) is 0.450. The van der Waals surface area contributed by atoms with E-state index in [4.69, 9.17) is 0 Å². The van der Waals surface area contributed by atoms with Gasteiger partial charge in [0.2, 0.25) is 0 Å². The van der Waals surface area contributed by atoms with Crippen LogP contribution in [0.4, 0.5) is 5.69 Å². The van der Waals surface area contributed by atoms with E-state index in [1.807, 2.05) is 12.4 Å². The number of hydrogen-bond donors (Lipinski definition) is 1. The Bertz CT molecular complexity index is 831. The van der Waals surface area contributed by atoms with Crippen molar-refractivity contribution in [1.82, 2.24) is 9.55 Å². The van der Waals surface area contributed by atoms with Gasteiger partial charge in [-0.25, -0.2) is 4.98 Å². The summed E-state index contributed by atoms with van der Waals surface area (Å²) in [7, 11) is 2.06. The highest BCUT2D eigenvalue weighted by molar-refractivity contribution is 5.49. The van der Waals surface area contributed by atoms with Crippen molar-refractivity contribution in [3.63, 3.8) is 0 Å². The van der Waals surface area contributed by atoms with Gasteiger partial charge in [0.05, 0.1) is 0 Å². The van der Waals surface area contributed by atoms with Crippen LogP contribution in [0.1, 0.15) is 68.1 Å². The van der Waals surface area contributed by atoms with Gasteiger partial charge in [-0.2, -0.15) is 0 Å². The van der Waals surface area contributed by atoms with E-state index >= 15 is 0 Å². The number of benzene rings is 2. The van der Waals surface area contributed by atoms with Crippen LogP contribution in [-0.2, 0) is 19.9 Å². The molecule has 0 spiro atoms. The predicted octanol–water partition coefficient (Wildman–Crippen LogP) is 6.31. The molecule has 0 bridgehead atoms. The fourth-order valence-electron chi connectivity index (χ4n) is 3.53. The summed E-state index contributed by atoms with van der Waals surface area (Å²) in [6.45, 7) is 4.48. The average Bonchev–Trinajstić information content (AvgIpc) is 3.16. The van der Waals surface area contributed by atoms with E-state index in [-0.39, 0.29) is 6.04 Å². The zero-order valence-corrected chi connectivity index (χ0v) is 17.5. The molecule has 1 heterocycles. The van der Waals surface area contributed by atoms with Gasteiger partial charge < -0.3 is 9.88 Å². The van der Waals surface area contributed by atoms with Crippen molar-refractivity contribution in [2.24, 2.45) is 7.05 Å². The maximum Gasteiger partial charge on any atom is 0.135 e. The highest BCUT2D eigenvalue weighted by Gasteiger charge is 2.18. The van der Waals surface area contributed by atoms with Gasteiger partial charge in [-0.05, 0) is 54.5 Å². The highest BCUT2D eigenvalue weighted by Crippen LogP contribution is 2.26. The lowest BCUT2D eigenvalue weighted by Crippen LogP contribution is -2.16. The topological polar surface area (TPSA) is 29.9 Å². The molecule has 148 valence electrons. The minimum Gasteiger partial charge on any atom is -0.372 e. The summed E-state index contributed by atoms with van der Waals surface area (Å²) >= 11 is 0. The third kappa shape index (κ3) is 5.25. The van der Waals surface area contributed by atoms with Crippen molar-refractivity contribution >= 4 is 5.69 Å². The highest BCUT2D eigenvalue weighted by atomic mass is 15.1. The van der Waals surface area contributed by atoms with E-state index in [0.717, 1.165) is 24.4 Å². The summed E-state index contributed by atoms with van der Waals surface area (Å²) in [4.78, 5) is 4.62. The molecule has 0 amide bonds. The first kappa shape index (κ1) is 20.2. The second-order valence-electron chi connectivity index (χ2n) is 7.62. The fourth-order valence-corrected chi connectivity index (χ4v) is 3.53. The van der Waals surface area contributed by atoms with Crippen LogP contribution < -0.4 is 5.32 Å². The van der Waals surface area contributed by atoms with Crippen LogP contribution in [0.5, 0.6) is 0 Å². The monoisotopic (exact) mass is 375 g/mol. The van der Waals surface area contributed by atoms with Crippen LogP contribution in [0.2, 0.25) is 0 Å². The molecular weight excluding hydrogens is 342 g/mol. The standard InChI is InChI=1S/C25H33N3/c1-4-6-8-20-10-14-22(15-11-20)24(25-26-18-19-28(25)3)27-23-16-12-21(13-17-23)9-7-5-2/h10-19,24,27H,4-9H2,1-3H3. The summed E-state index contributed by atoms with van der Waals surface area (Å²) in [6.07, 6.45) is 11.1. The Balaban J connectivity index is 1.81. The molecule has 0 fully saturated rings. The van der Waals surface area contributed by atoms with Gasteiger partial charge in [-0.3, -0.25) is 0 Å².